The first kappa shape index (κ1) is 13.6. The Morgan fingerprint density at radius 3 is 2.53 bits per heavy atom. The lowest BCUT2D eigenvalue weighted by molar-refractivity contribution is -0.148. The average molecular weight is 271 g/mol. The summed E-state index contributed by atoms with van der Waals surface area (Å²) in [6, 6.07) is -1.42. The van der Waals surface area contributed by atoms with Gasteiger partial charge in [-0.15, -0.1) is 0 Å². The fraction of sp³-hybridized carbons (Fsp3) is 0.727. The number of ether oxygens (including phenoxy) is 1. The highest BCUT2D eigenvalue weighted by molar-refractivity contribution is 5.90. The van der Waals surface area contributed by atoms with Gasteiger partial charge in [0.1, 0.15) is 11.6 Å². The number of nitrogens with two attached hydrogens (primary N) is 1. The molecule has 1 aliphatic carbocycles. The summed E-state index contributed by atoms with van der Waals surface area (Å²) >= 11 is 0. The van der Waals surface area contributed by atoms with Crippen LogP contribution >= 0.6 is 0 Å². The van der Waals surface area contributed by atoms with Crippen LogP contribution in [0, 0.1) is 0 Å². The van der Waals surface area contributed by atoms with E-state index in [9.17, 15) is 14.4 Å². The van der Waals surface area contributed by atoms with Gasteiger partial charge in [-0.05, 0) is 19.3 Å². The van der Waals surface area contributed by atoms with E-state index in [-0.39, 0.29) is 13.2 Å². The molecule has 8 heteroatoms. The zero-order chi connectivity index (χ0) is 14.0. The van der Waals surface area contributed by atoms with Crippen LogP contribution in [0.3, 0.4) is 0 Å². The highest BCUT2D eigenvalue weighted by atomic mass is 16.5. The molecule has 0 aromatic rings. The minimum atomic E-state index is -1.20. The summed E-state index contributed by atoms with van der Waals surface area (Å²) in [7, 11) is 0. The molecule has 4 N–H and O–H groups in total. The van der Waals surface area contributed by atoms with Gasteiger partial charge in [0.15, 0.2) is 0 Å². The Labute approximate surface area is 109 Å². The molecule has 2 rings (SSSR count). The van der Waals surface area contributed by atoms with E-state index >= 15 is 0 Å². The van der Waals surface area contributed by atoms with Crippen LogP contribution in [0.25, 0.3) is 0 Å². The van der Waals surface area contributed by atoms with Gasteiger partial charge in [0.25, 0.3) is 0 Å². The van der Waals surface area contributed by atoms with E-state index in [2.05, 4.69) is 5.32 Å². The summed E-state index contributed by atoms with van der Waals surface area (Å²) in [4.78, 5) is 35.8. The lowest BCUT2D eigenvalue weighted by Gasteiger charge is -2.41. The van der Waals surface area contributed by atoms with Crippen molar-refractivity contribution < 1.29 is 24.2 Å². The molecule has 1 aliphatic heterocycles. The van der Waals surface area contributed by atoms with Crippen LogP contribution in [0.15, 0.2) is 0 Å². The van der Waals surface area contributed by atoms with Gasteiger partial charge in [0, 0.05) is 6.54 Å². The molecule has 1 atom stereocenters. The number of carboxylic acids is 1. The number of carbonyl (C=O) groups excluding carboxylic acids is 2. The van der Waals surface area contributed by atoms with Crippen LogP contribution in [0.1, 0.15) is 19.3 Å². The number of carboxylic acid groups (broad SMARTS) is 1. The first-order chi connectivity index (χ1) is 8.96. The van der Waals surface area contributed by atoms with Crippen LogP contribution in [0.4, 0.5) is 4.79 Å². The third-order valence-electron chi connectivity index (χ3n) is 3.68. The Kier molecular flexibility index (Phi) is 3.61. The molecule has 2 aliphatic rings. The quantitative estimate of drug-likeness (QED) is 0.600. The van der Waals surface area contributed by atoms with E-state index in [1.165, 1.54) is 4.90 Å². The maximum Gasteiger partial charge on any atom is 0.329 e. The fourth-order valence-electron chi connectivity index (χ4n) is 2.28. The van der Waals surface area contributed by atoms with Gasteiger partial charge in [0.05, 0.1) is 13.2 Å². The minimum Gasteiger partial charge on any atom is -0.480 e. The molecule has 8 nitrogen and oxygen atoms in total. The predicted molar refractivity (Wildman–Crippen MR) is 63.3 cm³/mol. The van der Waals surface area contributed by atoms with Crippen LogP contribution in [0.2, 0.25) is 0 Å². The molecule has 1 saturated carbocycles. The Morgan fingerprint density at radius 1 is 1.37 bits per heavy atom. The van der Waals surface area contributed by atoms with Crippen LogP contribution in [-0.2, 0) is 14.3 Å². The molecular weight excluding hydrogens is 254 g/mol. The topological polar surface area (TPSA) is 122 Å². The molecule has 0 radical (unpaired) electrons. The van der Waals surface area contributed by atoms with Gasteiger partial charge in [-0.2, -0.15) is 0 Å². The summed E-state index contributed by atoms with van der Waals surface area (Å²) in [5.74, 6) is -1.70. The van der Waals surface area contributed by atoms with Gasteiger partial charge in [0.2, 0.25) is 5.91 Å². The summed E-state index contributed by atoms with van der Waals surface area (Å²) in [6.07, 6.45) is 1.56. The van der Waals surface area contributed by atoms with Crippen molar-refractivity contribution in [3.05, 3.63) is 0 Å². The second-order valence-electron chi connectivity index (χ2n) is 4.86. The number of aliphatic carboxylic acids is 1. The van der Waals surface area contributed by atoms with Crippen molar-refractivity contribution in [2.75, 3.05) is 19.8 Å². The number of hydrogen-bond donors (Lipinski definition) is 3. The van der Waals surface area contributed by atoms with E-state index in [1.807, 2.05) is 0 Å². The van der Waals surface area contributed by atoms with Gasteiger partial charge in [-0.1, -0.05) is 0 Å². The number of hydrogen-bond acceptors (Lipinski definition) is 4. The molecule has 0 bridgehead atoms. The third-order valence-corrected chi connectivity index (χ3v) is 3.68. The molecule has 2 fully saturated rings. The second kappa shape index (κ2) is 5.04. The summed E-state index contributed by atoms with van der Waals surface area (Å²) in [6.45, 7) is 0.565. The first-order valence-corrected chi connectivity index (χ1v) is 6.15. The number of carbonyl (C=O) groups is 3. The van der Waals surface area contributed by atoms with Crippen molar-refractivity contribution >= 4 is 17.9 Å². The Balaban J connectivity index is 2.05. The predicted octanol–water partition coefficient (Wildman–Crippen LogP) is -1.11. The maximum absolute atomic E-state index is 12.1. The average Bonchev–Trinajstić information content (AvgIpc) is 2.33. The Morgan fingerprint density at radius 2 is 2.05 bits per heavy atom. The van der Waals surface area contributed by atoms with Crippen LogP contribution in [-0.4, -0.2) is 59.3 Å². The smallest absolute Gasteiger partial charge is 0.329 e. The Hall–Kier alpha value is -1.83. The molecule has 1 heterocycles. The molecule has 1 unspecified atom stereocenters. The Bertz CT molecular complexity index is 407. The van der Waals surface area contributed by atoms with Crippen molar-refractivity contribution in [1.82, 2.24) is 10.2 Å². The van der Waals surface area contributed by atoms with Crippen molar-refractivity contribution in [3.8, 4) is 0 Å². The number of primary amides is 1. The number of rotatable bonds is 3. The number of nitrogens with one attached hydrogen (secondary N) is 1. The van der Waals surface area contributed by atoms with E-state index in [0.717, 1.165) is 6.42 Å². The molecule has 0 aromatic carbocycles. The van der Waals surface area contributed by atoms with E-state index < -0.39 is 29.5 Å². The molecule has 1 saturated heterocycles. The van der Waals surface area contributed by atoms with E-state index in [1.54, 1.807) is 0 Å². The molecule has 0 spiro atoms. The highest BCUT2D eigenvalue weighted by Crippen LogP contribution is 2.32. The molecule has 106 valence electrons. The largest absolute Gasteiger partial charge is 0.480 e. The third kappa shape index (κ3) is 2.48. The number of morpholine rings is 1. The number of nitrogens with zero attached hydrogens (tertiary/aromatic N) is 1. The summed E-state index contributed by atoms with van der Waals surface area (Å²) < 4.78 is 5.10. The monoisotopic (exact) mass is 271 g/mol. The van der Waals surface area contributed by atoms with Gasteiger partial charge < -0.3 is 25.8 Å². The van der Waals surface area contributed by atoms with Gasteiger partial charge in [-0.3, -0.25) is 4.79 Å². The van der Waals surface area contributed by atoms with Crippen molar-refractivity contribution in [1.29, 1.82) is 0 Å². The molecular formula is C11H17N3O5. The standard InChI is InChI=1S/C11H17N3O5/c12-8(15)7-6-19-5-4-14(7)10(18)13-11(9(16)17)2-1-3-11/h7H,1-6H2,(H2,12,15)(H,13,18)(H,16,17). The summed E-state index contributed by atoms with van der Waals surface area (Å²) in [5.41, 5.74) is 4.01. The van der Waals surface area contributed by atoms with Gasteiger partial charge >= 0.3 is 12.0 Å². The molecule has 0 aromatic heterocycles. The lowest BCUT2D eigenvalue weighted by Crippen LogP contribution is -2.65. The second-order valence-corrected chi connectivity index (χ2v) is 4.86. The van der Waals surface area contributed by atoms with E-state index in [0.29, 0.717) is 19.4 Å². The van der Waals surface area contributed by atoms with Crippen molar-refractivity contribution in [2.24, 2.45) is 5.73 Å². The normalized spacial score (nSPS) is 25.3. The lowest BCUT2D eigenvalue weighted by atomic mass is 9.77. The summed E-state index contributed by atoms with van der Waals surface area (Å²) in [5, 5.41) is 11.7. The molecule has 19 heavy (non-hydrogen) atoms. The van der Waals surface area contributed by atoms with Crippen LogP contribution < -0.4 is 11.1 Å². The first-order valence-electron chi connectivity index (χ1n) is 6.15. The van der Waals surface area contributed by atoms with Gasteiger partial charge in [-0.25, -0.2) is 9.59 Å². The highest BCUT2D eigenvalue weighted by Gasteiger charge is 2.47. The SMILES string of the molecule is NC(=O)C1COCCN1C(=O)NC1(C(=O)O)CCC1. The van der Waals surface area contributed by atoms with Crippen molar-refractivity contribution in [3.63, 3.8) is 0 Å². The minimum absolute atomic E-state index is 0.0445. The maximum atomic E-state index is 12.1. The van der Waals surface area contributed by atoms with Crippen molar-refractivity contribution in [2.45, 2.75) is 30.8 Å². The number of urea groups is 1. The van der Waals surface area contributed by atoms with E-state index in [4.69, 9.17) is 15.6 Å². The fourth-order valence-corrected chi connectivity index (χ4v) is 2.28. The zero-order valence-corrected chi connectivity index (χ0v) is 10.4. The van der Waals surface area contributed by atoms with Crippen LogP contribution in [0.5, 0.6) is 0 Å². The zero-order valence-electron chi connectivity index (χ0n) is 10.4. The number of amides is 3. The molecule has 3 amide bonds.